The molecule has 1 unspecified atom stereocenters. The Balaban J connectivity index is 1.34. The van der Waals surface area contributed by atoms with Crippen LogP contribution in [0.2, 0.25) is 0 Å². The maximum absolute atomic E-state index is 13.4. The summed E-state index contributed by atoms with van der Waals surface area (Å²) in [5.41, 5.74) is 9.06. The summed E-state index contributed by atoms with van der Waals surface area (Å²) in [7, 11) is 1.81. The van der Waals surface area contributed by atoms with E-state index in [2.05, 4.69) is 22.4 Å². The normalized spacial score (nSPS) is 26.3. The van der Waals surface area contributed by atoms with Gasteiger partial charge in [-0.3, -0.25) is 14.3 Å². The molecule has 12 heteroatoms. The van der Waals surface area contributed by atoms with Crippen molar-refractivity contribution in [2.75, 3.05) is 20.1 Å². The number of hydrogen-bond acceptors (Lipinski definition) is 5. The van der Waals surface area contributed by atoms with E-state index in [0.29, 0.717) is 24.4 Å². The van der Waals surface area contributed by atoms with Crippen molar-refractivity contribution >= 4 is 23.3 Å². The quantitative estimate of drug-likeness (QED) is 0.399. The van der Waals surface area contributed by atoms with E-state index in [1.807, 2.05) is 0 Å². The van der Waals surface area contributed by atoms with Gasteiger partial charge in [0.2, 0.25) is 0 Å². The van der Waals surface area contributed by atoms with Gasteiger partial charge in [-0.05, 0) is 30.9 Å². The lowest BCUT2D eigenvalue weighted by Gasteiger charge is -2.51. The van der Waals surface area contributed by atoms with Crippen molar-refractivity contribution in [3.63, 3.8) is 0 Å². The molecule has 204 valence electrons. The van der Waals surface area contributed by atoms with Crippen LogP contribution in [0.4, 0.5) is 13.2 Å². The number of likely N-dealkylation sites (tertiary alicyclic amines) is 1. The molecule has 1 saturated heterocycles. The van der Waals surface area contributed by atoms with Gasteiger partial charge < -0.3 is 10.6 Å². The Hall–Kier alpha value is -4.11. The molecule has 1 saturated carbocycles. The summed E-state index contributed by atoms with van der Waals surface area (Å²) in [5.74, 6) is 4.30. The molecular weight excluding hydrogens is 511 g/mol. The van der Waals surface area contributed by atoms with E-state index in [1.54, 1.807) is 25.1 Å². The number of quaternary nitrogens is 1. The summed E-state index contributed by atoms with van der Waals surface area (Å²) in [6.07, 6.45) is 0.830. The second kappa shape index (κ2) is 9.27. The van der Waals surface area contributed by atoms with Crippen molar-refractivity contribution in [2.24, 2.45) is 11.1 Å². The highest BCUT2D eigenvalue weighted by atomic mass is 19.4. The second-order valence-electron chi connectivity index (χ2n) is 10.6. The molecule has 1 atom stereocenters. The van der Waals surface area contributed by atoms with Gasteiger partial charge in [0.05, 0.1) is 25.4 Å². The Morgan fingerprint density at radius 1 is 1.31 bits per heavy atom. The molecule has 5 rings (SSSR count). The second-order valence-corrected chi connectivity index (χ2v) is 10.6. The minimum Gasteiger partial charge on any atom is -0.365 e. The molecule has 4 N–H and O–H groups in total. The Bertz CT molecular complexity index is 1460. The molecular formula is C27H29F3N7O2+. The third-order valence-corrected chi connectivity index (χ3v) is 8.14. The lowest BCUT2D eigenvalue weighted by Crippen LogP contribution is -2.67. The zero-order valence-electron chi connectivity index (χ0n) is 21.6. The maximum atomic E-state index is 13.4. The van der Waals surface area contributed by atoms with Crippen LogP contribution in [-0.4, -0.2) is 63.1 Å². The number of carbonyl (C=O) groups is 2. The minimum atomic E-state index is -4.50. The van der Waals surface area contributed by atoms with Crippen molar-refractivity contribution in [2.45, 2.75) is 44.9 Å². The molecule has 3 aliphatic rings. The highest BCUT2D eigenvalue weighted by Crippen LogP contribution is 2.52. The van der Waals surface area contributed by atoms with Crippen LogP contribution in [0.5, 0.6) is 0 Å². The number of hydrogen-bond donors (Lipinski definition) is 3. The van der Waals surface area contributed by atoms with Gasteiger partial charge in [0, 0.05) is 43.1 Å². The average Bonchev–Trinajstić information content (AvgIpc) is 3.55. The zero-order valence-corrected chi connectivity index (χ0v) is 21.6. The van der Waals surface area contributed by atoms with Crippen LogP contribution in [-0.2, 0) is 22.3 Å². The number of nitrogens with one attached hydrogen (secondary N) is 2. The third kappa shape index (κ3) is 4.57. The van der Waals surface area contributed by atoms with Crippen molar-refractivity contribution in [3.05, 3.63) is 58.9 Å². The first kappa shape index (κ1) is 26.5. The molecule has 1 aromatic heterocycles. The van der Waals surface area contributed by atoms with Crippen LogP contribution < -0.4 is 11.2 Å². The Labute approximate surface area is 223 Å². The lowest BCUT2D eigenvalue weighted by atomic mass is 9.64. The number of aromatic nitrogens is 2. The Kier molecular flexibility index (Phi) is 6.30. The van der Waals surface area contributed by atoms with Crippen LogP contribution in [0.1, 0.15) is 42.9 Å². The standard InChI is InChI=1S/C27H28F3N7O2/c1-3-6-21(38)35-10-9-26(16-35)11-19(12-26)37(2)24(31)22(25(32)39)23(34-37)18-13-33-36(15-18)14-17-7-4-5-8-20(17)27(28,29)30/h4-5,7-8,13,15,19H,9-12,14,16H2,1-2H3,(H3-,31,32,34,39)/p+1. The summed E-state index contributed by atoms with van der Waals surface area (Å²) >= 11 is 0. The van der Waals surface area contributed by atoms with E-state index in [9.17, 15) is 22.8 Å². The van der Waals surface area contributed by atoms with Crippen molar-refractivity contribution in [1.82, 2.24) is 20.1 Å². The first-order valence-corrected chi connectivity index (χ1v) is 12.5. The summed E-state index contributed by atoms with van der Waals surface area (Å²) in [5, 5.41) is 13.1. The van der Waals surface area contributed by atoms with Crippen LogP contribution in [0.3, 0.4) is 0 Å². The lowest BCUT2D eigenvalue weighted by molar-refractivity contribution is -0.890. The van der Waals surface area contributed by atoms with Gasteiger partial charge in [-0.2, -0.15) is 22.9 Å². The van der Waals surface area contributed by atoms with E-state index in [-0.39, 0.29) is 45.5 Å². The summed E-state index contributed by atoms with van der Waals surface area (Å²) in [6, 6.07) is 5.26. The first-order chi connectivity index (χ1) is 18.4. The molecule has 3 heterocycles. The fourth-order valence-corrected chi connectivity index (χ4v) is 6.04. The fraction of sp³-hybridized carbons (Fsp3) is 0.407. The molecule has 0 radical (unpaired) electrons. The Morgan fingerprint density at radius 2 is 2.03 bits per heavy atom. The average molecular weight is 541 g/mol. The van der Waals surface area contributed by atoms with Crippen LogP contribution in [0.15, 0.2) is 42.2 Å². The van der Waals surface area contributed by atoms with E-state index in [1.165, 1.54) is 29.1 Å². The third-order valence-electron chi connectivity index (χ3n) is 8.14. The van der Waals surface area contributed by atoms with Gasteiger partial charge in [-0.1, -0.05) is 24.1 Å². The molecule has 2 aliphatic heterocycles. The maximum Gasteiger partial charge on any atom is 0.416 e. The molecule has 2 fully saturated rings. The number of nitrogens with zero attached hydrogens (tertiary/aromatic N) is 4. The number of alkyl halides is 3. The monoisotopic (exact) mass is 540 g/mol. The molecule has 9 nitrogen and oxygen atoms in total. The molecule has 1 spiro atoms. The topological polar surface area (TPSA) is 117 Å². The number of primary amides is 1. The van der Waals surface area contributed by atoms with Crippen LogP contribution >= 0.6 is 0 Å². The number of carbonyl (C=O) groups excluding carboxylic acids is 2. The SMILES string of the molecule is CC#CC(=O)N1CCC2(CC([N+]3(C)NC(c4cnn(Cc5ccccc5C(F)(F)F)c4)=C(C(N)=O)C3=N)C2)C1. The van der Waals surface area contributed by atoms with Crippen LogP contribution in [0.25, 0.3) is 5.70 Å². The largest absolute Gasteiger partial charge is 0.416 e. The van der Waals surface area contributed by atoms with Crippen molar-refractivity contribution in [3.8, 4) is 11.8 Å². The smallest absolute Gasteiger partial charge is 0.365 e. The Morgan fingerprint density at radius 3 is 2.69 bits per heavy atom. The molecule has 39 heavy (non-hydrogen) atoms. The van der Waals surface area contributed by atoms with Gasteiger partial charge in [0.15, 0.2) is 5.57 Å². The van der Waals surface area contributed by atoms with Gasteiger partial charge in [0.25, 0.3) is 17.6 Å². The van der Waals surface area contributed by atoms with Crippen molar-refractivity contribution in [1.29, 1.82) is 5.41 Å². The number of halogens is 3. The summed E-state index contributed by atoms with van der Waals surface area (Å²) in [4.78, 5) is 26.4. The number of rotatable bonds is 5. The number of nitrogens with two attached hydrogens (primary N) is 1. The van der Waals surface area contributed by atoms with E-state index in [4.69, 9.17) is 11.1 Å². The van der Waals surface area contributed by atoms with Gasteiger partial charge in [-0.25, -0.2) is 10.8 Å². The predicted octanol–water partition coefficient (Wildman–Crippen LogP) is 2.49. The highest BCUT2D eigenvalue weighted by molar-refractivity contribution is 6.23. The van der Waals surface area contributed by atoms with E-state index in [0.717, 1.165) is 25.3 Å². The van der Waals surface area contributed by atoms with E-state index < -0.39 is 17.6 Å². The van der Waals surface area contributed by atoms with Gasteiger partial charge in [-0.15, -0.1) is 0 Å². The molecule has 2 amide bonds. The van der Waals surface area contributed by atoms with Gasteiger partial charge in [0.1, 0.15) is 11.7 Å². The zero-order chi connectivity index (χ0) is 28.2. The van der Waals surface area contributed by atoms with Crippen molar-refractivity contribution < 1.29 is 27.4 Å². The van der Waals surface area contributed by atoms with Crippen LogP contribution in [0, 0.1) is 22.7 Å². The number of amides is 2. The first-order valence-electron chi connectivity index (χ1n) is 12.5. The molecule has 0 bridgehead atoms. The molecule has 1 aromatic carbocycles. The fourth-order valence-electron chi connectivity index (χ4n) is 6.04. The van der Waals surface area contributed by atoms with Gasteiger partial charge >= 0.3 is 6.18 Å². The number of likely N-dealkylation sites (N-methyl/N-ethyl adjacent to an activating group) is 1. The minimum absolute atomic E-state index is 0.0233. The summed E-state index contributed by atoms with van der Waals surface area (Å²) in [6.45, 7) is 2.76. The van der Waals surface area contributed by atoms with E-state index >= 15 is 0 Å². The predicted molar refractivity (Wildman–Crippen MR) is 136 cm³/mol. The number of amidine groups is 1. The molecule has 1 aliphatic carbocycles. The molecule has 2 aromatic rings. The highest BCUT2D eigenvalue weighted by Gasteiger charge is 2.60. The number of benzene rings is 1. The summed E-state index contributed by atoms with van der Waals surface area (Å²) < 4.78 is 41.6.